The van der Waals surface area contributed by atoms with Gasteiger partial charge in [-0.1, -0.05) is 11.6 Å². The van der Waals surface area contributed by atoms with E-state index in [0.717, 1.165) is 0 Å². The predicted octanol–water partition coefficient (Wildman–Crippen LogP) is 1.28. The molecule has 0 amide bonds. The number of anilines is 1. The number of nitrogens with zero attached hydrogens (tertiary/aromatic N) is 2. The summed E-state index contributed by atoms with van der Waals surface area (Å²) in [5.41, 5.74) is 0.225. The number of aromatic nitrogens is 2. The molecule has 1 heterocycles. The maximum absolute atomic E-state index is 10.9. The van der Waals surface area contributed by atoms with Gasteiger partial charge in [0.1, 0.15) is 16.8 Å². The third-order valence-electron chi connectivity index (χ3n) is 2.09. The lowest BCUT2D eigenvalue weighted by Crippen LogP contribution is -2.24. The number of aldehydes is 1. The molecule has 0 saturated carbocycles. The molecule has 7 heteroatoms. The summed E-state index contributed by atoms with van der Waals surface area (Å²) < 4.78 is 10.0. The first-order valence-electron chi connectivity index (χ1n) is 4.91. The first-order valence-corrected chi connectivity index (χ1v) is 5.29. The van der Waals surface area contributed by atoms with E-state index in [1.54, 1.807) is 6.92 Å². The molecular weight excluding hydrogens is 246 g/mol. The van der Waals surface area contributed by atoms with E-state index in [9.17, 15) is 4.79 Å². The van der Waals surface area contributed by atoms with Crippen LogP contribution in [0.4, 0.5) is 5.82 Å². The monoisotopic (exact) mass is 259 g/mol. The zero-order chi connectivity index (χ0) is 12.8. The molecule has 0 aliphatic heterocycles. The highest BCUT2D eigenvalue weighted by Crippen LogP contribution is 2.18. The number of halogens is 1. The number of ether oxygens (including phenoxy) is 2. The van der Waals surface area contributed by atoms with E-state index in [-0.39, 0.29) is 10.7 Å². The van der Waals surface area contributed by atoms with E-state index < -0.39 is 6.29 Å². The summed E-state index contributed by atoms with van der Waals surface area (Å²) in [6.07, 6.45) is 0.183. The zero-order valence-corrected chi connectivity index (χ0v) is 10.6. The van der Waals surface area contributed by atoms with Gasteiger partial charge in [-0.3, -0.25) is 4.79 Å². The molecule has 1 aromatic heterocycles. The fourth-order valence-corrected chi connectivity index (χ4v) is 1.49. The topological polar surface area (TPSA) is 73.3 Å². The SMILES string of the molecule is COC(CNc1nc(C)nc(Cl)c1C=O)OC. The highest BCUT2D eigenvalue weighted by atomic mass is 35.5. The summed E-state index contributed by atoms with van der Waals surface area (Å²) in [4.78, 5) is 18.9. The molecule has 0 atom stereocenters. The van der Waals surface area contributed by atoms with Crippen molar-refractivity contribution in [2.45, 2.75) is 13.2 Å². The molecular formula is C10H14ClN3O3. The minimum absolute atomic E-state index is 0.126. The van der Waals surface area contributed by atoms with Gasteiger partial charge < -0.3 is 14.8 Å². The molecule has 6 nitrogen and oxygen atoms in total. The van der Waals surface area contributed by atoms with Crippen molar-refractivity contribution in [3.8, 4) is 0 Å². The van der Waals surface area contributed by atoms with E-state index >= 15 is 0 Å². The van der Waals surface area contributed by atoms with Crippen LogP contribution in [0.1, 0.15) is 16.2 Å². The normalized spacial score (nSPS) is 10.6. The molecule has 0 spiro atoms. The van der Waals surface area contributed by atoms with Crippen molar-refractivity contribution in [3.05, 3.63) is 16.5 Å². The summed E-state index contributed by atoms with van der Waals surface area (Å²) in [5.74, 6) is 0.853. The Labute approximate surface area is 104 Å². The minimum atomic E-state index is -0.427. The number of nitrogens with one attached hydrogen (secondary N) is 1. The summed E-state index contributed by atoms with van der Waals surface area (Å²) in [6, 6.07) is 0. The third-order valence-corrected chi connectivity index (χ3v) is 2.38. The van der Waals surface area contributed by atoms with Gasteiger partial charge in [-0.2, -0.15) is 0 Å². The van der Waals surface area contributed by atoms with Crippen LogP contribution in [0.3, 0.4) is 0 Å². The lowest BCUT2D eigenvalue weighted by atomic mass is 10.3. The van der Waals surface area contributed by atoms with E-state index in [0.29, 0.717) is 24.5 Å². The molecule has 0 saturated heterocycles. The number of carbonyl (C=O) groups excluding carboxylic acids is 1. The van der Waals surface area contributed by atoms with Crippen LogP contribution in [0.2, 0.25) is 5.15 Å². The molecule has 0 radical (unpaired) electrons. The smallest absolute Gasteiger partial charge is 0.173 e. The number of methoxy groups -OCH3 is 2. The lowest BCUT2D eigenvalue weighted by molar-refractivity contribution is -0.0914. The van der Waals surface area contributed by atoms with Crippen LogP contribution in [0.5, 0.6) is 0 Å². The van der Waals surface area contributed by atoms with Crippen molar-refractivity contribution in [1.29, 1.82) is 0 Å². The average molecular weight is 260 g/mol. The van der Waals surface area contributed by atoms with Gasteiger partial charge in [-0.25, -0.2) is 9.97 Å². The van der Waals surface area contributed by atoms with Gasteiger partial charge >= 0.3 is 0 Å². The Morgan fingerprint density at radius 1 is 1.41 bits per heavy atom. The van der Waals surface area contributed by atoms with Crippen molar-refractivity contribution in [3.63, 3.8) is 0 Å². The summed E-state index contributed by atoms with van der Waals surface area (Å²) in [6.45, 7) is 2.04. The Balaban J connectivity index is 2.86. The van der Waals surface area contributed by atoms with Crippen LogP contribution in [-0.2, 0) is 9.47 Å². The first-order chi connectivity index (χ1) is 8.12. The number of carbonyl (C=O) groups is 1. The van der Waals surface area contributed by atoms with Crippen LogP contribution >= 0.6 is 11.6 Å². The molecule has 0 aliphatic carbocycles. The first kappa shape index (κ1) is 13.8. The van der Waals surface area contributed by atoms with Gasteiger partial charge in [-0.15, -0.1) is 0 Å². The van der Waals surface area contributed by atoms with E-state index in [1.807, 2.05) is 0 Å². The van der Waals surface area contributed by atoms with Crippen LogP contribution < -0.4 is 5.32 Å². The standard InChI is InChI=1S/C10H14ClN3O3/c1-6-13-9(11)7(5-15)10(14-6)12-4-8(16-2)17-3/h5,8H,4H2,1-3H3,(H,12,13,14). The van der Waals surface area contributed by atoms with Gasteiger partial charge in [-0.05, 0) is 6.92 Å². The largest absolute Gasteiger partial charge is 0.364 e. The van der Waals surface area contributed by atoms with Crippen molar-refractivity contribution in [2.75, 3.05) is 26.1 Å². The number of hydrogen-bond donors (Lipinski definition) is 1. The molecule has 0 aliphatic rings. The summed E-state index contributed by atoms with van der Waals surface area (Å²) in [5, 5.41) is 3.06. The Morgan fingerprint density at radius 2 is 2.06 bits per heavy atom. The fourth-order valence-electron chi connectivity index (χ4n) is 1.23. The highest BCUT2D eigenvalue weighted by molar-refractivity contribution is 6.32. The Kier molecular flexibility index (Phi) is 5.27. The molecule has 0 aromatic carbocycles. The fraction of sp³-hybridized carbons (Fsp3) is 0.500. The second kappa shape index (κ2) is 6.48. The van der Waals surface area contributed by atoms with E-state index in [4.69, 9.17) is 21.1 Å². The maximum atomic E-state index is 10.9. The summed E-state index contributed by atoms with van der Waals surface area (Å²) >= 11 is 5.83. The van der Waals surface area contributed by atoms with E-state index in [2.05, 4.69) is 15.3 Å². The number of hydrogen-bond acceptors (Lipinski definition) is 6. The molecule has 0 fully saturated rings. The van der Waals surface area contributed by atoms with Gasteiger partial charge in [0.15, 0.2) is 12.6 Å². The molecule has 17 heavy (non-hydrogen) atoms. The minimum Gasteiger partial charge on any atom is -0.364 e. The second-order valence-corrected chi connectivity index (χ2v) is 3.58. The van der Waals surface area contributed by atoms with Gasteiger partial charge in [0.05, 0.1) is 12.1 Å². The highest BCUT2D eigenvalue weighted by Gasteiger charge is 2.12. The van der Waals surface area contributed by atoms with Crippen LogP contribution in [0.15, 0.2) is 0 Å². The Bertz CT molecular complexity index is 397. The maximum Gasteiger partial charge on any atom is 0.173 e. The van der Waals surface area contributed by atoms with Crippen molar-refractivity contribution >= 4 is 23.7 Å². The zero-order valence-electron chi connectivity index (χ0n) is 9.86. The Hall–Kier alpha value is -1.24. The molecule has 0 unspecified atom stereocenters. The molecule has 1 N–H and O–H groups in total. The molecule has 0 bridgehead atoms. The van der Waals surface area contributed by atoms with Gasteiger partial charge in [0.2, 0.25) is 0 Å². The van der Waals surface area contributed by atoms with Crippen LogP contribution in [0, 0.1) is 6.92 Å². The van der Waals surface area contributed by atoms with Crippen molar-refractivity contribution < 1.29 is 14.3 Å². The second-order valence-electron chi connectivity index (χ2n) is 3.22. The van der Waals surface area contributed by atoms with Gasteiger partial charge in [0.25, 0.3) is 0 Å². The molecule has 1 rings (SSSR count). The predicted molar refractivity (Wildman–Crippen MR) is 63.5 cm³/mol. The third kappa shape index (κ3) is 3.62. The Morgan fingerprint density at radius 3 is 2.59 bits per heavy atom. The average Bonchev–Trinajstić information content (AvgIpc) is 2.29. The number of rotatable bonds is 6. The quantitative estimate of drug-likeness (QED) is 0.471. The van der Waals surface area contributed by atoms with Gasteiger partial charge in [0, 0.05) is 14.2 Å². The molecule has 94 valence electrons. The van der Waals surface area contributed by atoms with E-state index in [1.165, 1.54) is 14.2 Å². The van der Waals surface area contributed by atoms with Crippen molar-refractivity contribution in [1.82, 2.24) is 9.97 Å². The lowest BCUT2D eigenvalue weighted by Gasteiger charge is -2.15. The van der Waals surface area contributed by atoms with Crippen molar-refractivity contribution in [2.24, 2.45) is 0 Å². The van der Waals surface area contributed by atoms with Crippen LogP contribution in [0.25, 0.3) is 0 Å². The summed E-state index contributed by atoms with van der Waals surface area (Å²) in [7, 11) is 3.05. The van der Waals surface area contributed by atoms with Crippen LogP contribution in [-0.4, -0.2) is 43.3 Å². The molecule has 1 aromatic rings. The number of aryl methyl sites for hydroxylation is 1.